The molecule has 0 spiro atoms. The van der Waals surface area contributed by atoms with Crippen LogP contribution in [0.15, 0.2) is 0 Å². The van der Waals surface area contributed by atoms with E-state index in [1.807, 2.05) is 4.57 Å². The quantitative estimate of drug-likeness (QED) is 0.207. The summed E-state index contributed by atoms with van der Waals surface area (Å²) < 4.78 is 2.61. The van der Waals surface area contributed by atoms with Crippen LogP contribution in [-0.4, -0.2) is 25.0 Å². The highest BCUT2D eigenvalue weighted by Crippen LogP contribution is 2.20. The van der Waals surface area contributed by atoms with Crippen LogP contribution in [0.2, 0.25) is 0 Å². The molecule has 0 bridgehead atoms. The predicted octanol–water partition coefficient (Wildman–Crippen LogP) is 7.37. The molecule has 0 unspecified atom stereocenters. The summed E-state index contributed by atoms with van der Waals surface area (Å²) in [5.41, 5.74) is 0. The van der Waals surface area contributed by atoms with Gasteiger partial charge in [0.05, 0.1) is 0 Å². The van der Waals surface area contributed by atoms with Crippen LogP contribution in [-0.2, 0) is 12.8 Å². The van der Waals surface area contributed by atoms with E-state index < -0.39 is 0 Å². The van der Waals surface area contributed by atoms with Crippen LogP contribution in [0, 0.1) is 4.77 Å². The number of hydrogen-bond acceptors (Lipinski definition) is 5. The summed E-state index contributed by atoms with van der Waals surface area (Å²) in [7, 11) is 0. The van der Waals surface area contributed by atoms with E-state index >= 15 is 0 Å². The summed E-state index contributed by atoms with van der Waals surface area (Å²) in [6.45, 7) is 4.52. The minimum absolute atomic E-state index is 0.626. The molecule has 2 aromatic heterocycles. The highest BCUT2D eigenvalue weighted by atomic mass is 32.1. The Morgan fingerprint density at radius 2 is 1.31 bits per heavy atom. The molecule has 0 aliphatic carbocycles. The number of nitrogens with one attached hydrogen (secondary N) is 1. The van der Waals surface area contributed by atoms with Crippen molar-refractivity contribution >= 4 is 23.6 Å². The summed E-state index contributed by atoms with van der Waals surface area (Å²) in [6, 6.07) is 0. The molecular formula is C22H39N5S2. The third-order valence-electron chi connectivity index (χ3n) is 5.39. The summed E-state index contributed by atoms with van der Waals surface area (Å²) in [6.07, 6.45) is 20.3. The second-order valence-electron chi connectivity index (χ2n) is 8.00. The number of H-pyrrole nitrogens is 1. The highest BCUT2D eigenvalue weighted by Gasteiger charge is 2.13. The number of hydrogen-bond donors (Lipinski definition) is 1. The SMILES string of the molecule is CCCCCCCCCCCc1n[nH]c(=S)n1-c1nnc(CCCCCCC)s1. The molecule has 0 radical (unpaired) electrons. The summed E-state index contributed by atoms with van der Waals surface area (Å²) in [4.78, 5) is 0. The molecule has 0 aliphatic rings. The van der Waals surface area contributed by atoms with Crippen molar-refractivity contribution in [1.29, 1.82) is 0 Å². The molecule has 0 aromatic carbocycles. The van der Waals surface area contributed by atoms with Gasteiger partial charge in [-0.05, 0) is 25.1 Å². The van der Waals surface area contributed by atoms with Crippen molar-refractivity contribution < 1.29 is 0 Å². The number of nitrogens with zero attached hydrogens (tertiary/aromatic N) is 4. The lowest BCUT2D eigenvalue weighted by Gasteiger charge is -2.03. The molecule has 2 heterocycles. The molecule has 7 heteroatoms. The monoisotopic (exact) mass is 437 g/mol. The van der Waals surface area contributed by atoms with E-state index in [9.17, 15) is 0 Å². The lowest BCUT2D eigenvalue weighted by Crippen LogP contribution is -2.01. The Labute approximate surface area is 185 Å². The van der Waals surface area contributed by atoms with Crippen LogP contribution in [0.25, 0.3) is 5.13 Å². The average molecular weight is 438 g/mol. The zero-order valence-corrected chi connectivity index (χ0v) is 20.1. The first kappa shape index (κ1) is 24.2. The third-order valence-corrected chi connectivity index (χ3v) is 6.63. The van der Waals surface area contributed by atoms with Crippen molar-refractivity contribution in [3.05, 3.63) is 15.6 Å². The van der Waals surface area contributed by atoms with Crippen LogP contribution in [0.1, 0.15) is 115 Å². The largest absolute Gasteiger partial charge is 0.251 e. The van der Waals surface area contributed by atoms with E-state index in [-0.39, 0.29) is 0 Å². The van der Waals surface area contributed by atoms with Crippen molar-refractivity contribution in [3.8, 4) is 5.13 Å². The fraction of sp³-hybridized carbons (Fsp3) is 0.818. The normalized spacial score (nSPS) is 11.4. The molecule has 0 fully saturated rings. The highest BCUT2D eigenvalue weighted by molar-refractivity contribution is 7.71. The van der Waals surface area contributed by atoms with Crippen molar-refractivity contribution in [2.45, 2.75) is 117 Å². The van der Waals surface area contributed by atoms with Gasteiger partial charge >= 0.3 is 0 Å². The fourth-order valence-corrected chi connectivity index (χ4v) is 4.81. The zero-order chi connectivity index (χ0) is 20.7. The second-order valence-corrected chi connectivity index (χ2v) is 9.43. The van der Waals surface area contributed by atoms with Gasteiger partial charge in [0, 0.05) is 12.8 Å². The molecule has 5 nitrogen and oxygen atoms in total. The second kappa shape index (κ2) is 14.8. The van der Waals surface area contributed by atoms with Gasteiger partial charge in [-0.25, -0.2) is 4.57 Å². The lowest BCUT2D eigenvalue weighted by atomic mass is 10.1. The van der Waals surface area contributed by atoms with Gasteiger partial charge in [0.1, 0.15) is 10.8 Å². The molecule has 1 N–H and O–H groups in total. The maximum Gasteiger partial charge on any atom is 0.220 e. The van der Waals surface area contributed by atoms with Gasteiger partial charge in [-0.15, -0.1) is 10.2 Å². The van der Waals surface area contributed by atoms with Crippen LogP contribution in [0.4, 0.5) is 0 Å². The Balaban J connectivity index is 1.74. The van der Waals surface area contributed by atoms with Gasteiger partial charge in [-0.3, -0.25) is 5.10 Å². The van der Waals surface area contributed by atoms with Gasteiger partial charge in [-0.1, -0.05) is 102 Å². The average Bonchev–Trinajstić information content (AvgIpc) is 3.32. The van der Waals surface area contributed by atoms with Crippen LogP contribution >= 0.6 is 23.6 Å². The Hall–Kier alpha value is -1.08. The first-order valence-electron chi connectivity index (χ1n) is 11.7. The van der Waals surface area contributed by atoms with Gasteiger partial charge < -0.3 is 0 Å². The standard InChI is InChI=1S/C22H39N5S2/c1-3-5-7-9-10-11-12-14-15-17-19-23-25-21(28)27(19)22-26-24-20(29-22)18-16-13-8-6-4-2/h3-18H2,1-2H3,(H,25,28). The molecule has 2 rings (SSSR count). The van der Waals surface area contributed by atoms with E-state index in [1.54, 1.807) is 11.3 Å². The molecule has 164 valence electrons. The Morgan fingerprint density at radius 3 is 1.93 bits per heavy atom. The van der Waals surface area contributed by atoms with Crippen molar-refractivity contribution in [2.24, 2.45) is 0 Å². The molecule has 0 amide bonds. The zero-order valence-electron chi connectivity index (χ0n) is 18.4. The van der Waals surface area contributed by atoms with Gasteiger partial charge in [0.2, 0.25) is 9.90 Å². The molecule has 0 saturated heterocycles. The van der Waals surface area contributed by atoms with Crippen LogP contribution in [0.5, 0.6) is 0 Å². The van der Waals surface area contributed by atoms with Gasteiger partial charge in [0.15, 0.2) is 0 Å². The number of aromatic nitrogens is 5. The van der Waals surface area contributed by atoms with Gasteiger partial charge in [0.25, 0.3) is 0 Å². The van der Waals surface area contributed by atoms with E-state index in [1.165, 1.54) is 83.5 Å². The Morgan fingerprint density at radius 1 is 0.759 bits per heavy atom. The van der Waals surface area contributed by atoms with Crippen molar-refractivity contribution in [3.63, 3.8) is 0 Å². The Kier molecular flexibility index (Phi) is 12.4. The molecule has 0 atom stereocenters. The fourth-order valence-electron chi connectivity index (χ4n) is 3.60. The molecular weight excluding hydrogens is 398 g/mol. The number of aromatic amines is 1. The van der Waals surface area contributed by atoms with E-state index in [0.29, 0.717) is 4.77 Å². The smallest absolute Gasteiger partial charge is 0.220 e. The Bertz CT molecular complexity index is 719. The lowest BCUT2D eigenvalue weighted by molar-refractivity contribution is 0.561. The minimum Gasteiger partial charge on any atom is -0.251 e. The van der Waals surface area contributed by atoms with E-state index in [4.69, 9.17) is 12.2 Å². The first-order valence-corrected chi connectivity index (χ1v) is 13.0. The van der Waals surface area contributed by atoms with Crippen LogP contribution < -0.4 is 0 Å². The van der Waals surface area contributed by atoms with Crippen molar-refractivity contribution in [2.75, 3.05) is 0 Å². The molecule has 2 aromatic rings. The maximum absolute atomic E-state index is 5.45. The van der Waals surface area contributed by atoms with E-state index in [0.717, 1.165) is 35.2 Å². The predicted molar refractivity (Wildman–Crippen MR) is 126 cm³/mol. The molecule has 0 saturated carbocycles. The maximum atomic E-state index is 5.45. The first-order chi connectivity index (χ1) is 14.3. The molecule has 29 heavy (non-hydrogen) atoms. The summed E-state index contributed by atoms with van der Waals surface area (Å²) in [5.74, 6) is 0.989. The summed E-state index contributed by atoms with van der Waals surface area (Å²) in [5, 5.41) is 18.1. The third kappa shape index (κ3) is 9.08. The van der Waals surface area contributed by atoms with Gasteiger partial charge in [-0.2, -0.15) is 5.10 Å². The topological polar surface area (TPSA) is 59.4 Å². The number of aryl methyl sites for hydroxylation is 2. The summed E-state index contributed by atoms with van der Waals surface area (Å²) >= 11 is 7.11. The number of unbranched alkanes of at least 4 members (excludes halogenated alkanes) is 12. The number of rotatable bonds is 17. The van der Waals surface area contributed by atoms with E-state index in [2.05, 4.69) is 34.2 Å². The van der Waals surface area contributed by atoms with Crippen LogP contribution in [0.3, 0.4) is 0 Å². The molecule has 0 aliphatic heterocycles. The van der Waals surface area contributed by atoms with Crippen molar-refractivity contribution in [1.82, 2.24) is 25.0 Å². The minimum atomic E-state index is 0.626.